The van der Waals surface area contributed by atoms with Gasteiger partial charge in [-0.3, -0.25) is 0 Å². The molecule has 1 aromatic carbocycles. The molecular formula is C18H26O2. The summed E-state index contributed by atoms with van der Waals surface area (Å²) >= 11 is 0. The molecule has 0 radical (unpaired) electrons. The topological polar surface area (TPSA) is 29.5 Å². The molecule has 3 rings (SSSR count). The minimum Gasteiger partial charge on any atom is -0.508 e. The van der Waals surface area contributed by atoms with Gasteiger partial charge in [0.2, 0.25) is 0 Å². The highest BCUT2D eigenvalue weighted by molar-refractivity contribution is 5.51. The standard InChI is InChI=1S/C18H26O2/c1-3-5-14-6-8-18(9-7-14)12-15-16(19)10-13(4-2)11-17(15)20-18/h10-11,14,19H,3-9,12H2,1-2H3. The Bertz CT molecular complexity index is 484. The maximum atomic E-state index is 10.2. The van der Waals surface area contributed by atoms with E-state index >= 15 is 0 Å². The van der Waals surface area contributed by atoms with Gasteiger partial charge in [-0.15, -0.1) is 0 Å². The predicted octanol–water partition coefficient (Wildman–Crippen LogP) is 4.62. The third kappa shape index (κ3) is 2.41. The molecule has 1 aliphatic carbocycles. The lowest BCUT2D eigenvalue weighted by Crippen LogP contribution is -2.38. The molecule has 1 aliphatic heterocycles. The normalized spacial score (nSPS) is 28.4. The molecule has 1 saturated carbocycles. The molecule has 1 aromatic rings. The molecule has 0 bridgehead atoms. The number of benzene rings is 1. The van der Waals surface area contributed by atoms with Gasteiger partial charge in [0.05, 0.1) is 0 Å². The third-order valence-corrected chi connectivity index (χ3v) is 5.19. The summed E-state index contributed by atoms with van der Waals surface area (Å²) in [6.07, 6.45) is 9.34. The lowest BCUT2D eigenvalue weighted by Gasteiger charge is -2.36. The smallest absolute Gasteiger partial charge is 0.127 e. The second kappa shape index (κ2) is 5.31. The quantitative estimate of drug-likeness (QED) is 0.871. The van der Waals surface area contributed by atoms with E-state index in [-0.39, 0.29) is 5.60 Å². The third-order valence-electron chi connectivity index (χ3n) is 5.19. The molecule has 0 unspecified atom stereocenters. The van der Waals surface area contributed by atoms with Crippen LogP contribution in [-0.4, -0.2) is 10.7 Å². The van der Waals surface area contributed by atoms with E-state index in [4.69, 9.17) is 4.74 Å². The Labute approximate surface area is 122 Å². The number of aromatic hydroxyl groups is 1. The number of phenols is 1. The highest BCUT2D eigenvalue weighted by atomic mass is 16.5. The Morgan fingerprint density at radius 2 is 2.00 bits per heavy atom. The molecule has 0 amide bonds. The summed E-state index contributed by atoms with van der Waals surface area (Å²) < 4.78 is 6.33. The van der Waals surface area contributed by atoms with Crippen molar-refractivity contribution in [1.82, 2.24) is 0 Å². The summed E-state index contributed by atoms with van der Waals surface area (Å²) in [6, 6.07) is 4.03. The van der Waals surface area contributed by atoms with Crippen LogP contribution in [0.25, 0.3) is 0 Å². The number of hydrogen-bond donors (Lipinski definition) is 1. The van der Waals surface area contributed by atoms with Crippen molar-refractivity contribution in [2.75, 3.05) is 0 Å². The molecule has 0 atom stereocenters. The largest absolute Gasteiger partial charge is 0.508 e. The van der Waals surface area contributed by atoms with Crippen molar-refractivity contribution in [3.05, 3.63) is 23.3 Å². The van der Waals surface area contributed by atoms with Crippen molar-refractivity contribution in [2.45, 2.75) is 70.8 Å². The number of phenolic OH excluding ortho intramolecular Hbond substituents is 1. The molecule has 2 heteroatoms. The van der Waals surface area contributed by atoms with Crippen LogP contribution in [0.5, 0.6) is 11.5 Å². The molecule has 2 aliphatic rings. The molecule has 0 aromatic heterocycles. The molecular weight excluding hydrogens is 248 g/mol. The second-order valence-corrected chi connectivity index (χ2v) is 6.64. The first-order valence-corrected chi connectivity index (χ1v) is 8.19. The van der Waals surface area contributed by atoms with Crippen molar-refractivity contribution in [1.29, 1.82) is 0 Å². The van der Waals surface area contributed by atoms with Gasteiger partial charge in [-0.1, -0.05) is 26.7 Å². The predicted molar refractivity (Wildman–Crippen MR) is 81.4 cm³/mol. The van der Waals surface area contributed by atoms with Gasteiger partial charge in [0.25, 0.3) is 0 Å². The Hall–Kier alpha value is -1.18. The summed E-state index contributed by atoms with van der Waals surface area (Å²) in [5.41, 5.74) is 2.19. The van der Waals surface area contributed by atoms with Gasteiger partial charge < -0.3 is 9.84 Å². The van der Waals surface area contributed by atoms with E-state index in [1.165, 1.54) is 25.7 Å². The summed E-state index contributed by atoms with van der Waals surface area (Å²) in [4.78, 5) is 0. The Balaban J connectivity index is 1.76. The van der Waals surface area contributed by atoms with Gasteiger partial charge in [0, 0.05) is 12.0 Å². The van der Waals surface area contributed by atoms with Gasteiger partial charge in [0.15, 0.2) is 0 Å². The molecule has 0 saturated heterocycles. The zero-order chi connectivity index (χ0) is 14.2. The molecule has 1 spiro atoms. The summed E-state index contributed by atoms with van der Waals surface area (Å²) in [5, 5.41) is 10.2. The number of aryl methyl sites for hydroxylation is 1. The first kappa shape index (κ1) is 13.8. The minimum atomic E-state index is -0.0174. The van der Waals surface area contributed by atoms with E-state index in [1.54, 1.807) is 0 Å². The first-order chi connectivity index (χ1) is 9.65. The molecule has 1 heterocycles. The Kier molecular flexibility index (Phi) is 3.66. The van der Waals surface area contributed by atoms with E-state index in [9.17, 15) is 5.11 Å². The first-order valence-electron chi connectivity index (χ1n) is 8.19. The fraction of sp³-hybridized carbons (Fsp3) is 0.667. The van der Waals surface area contributed by atoms with Crippen LogP contribution in [0.15, 0.2) is 12.1 Å². The molecule has 2 nitrogen and oxygen atoms in total. The van der Waals surface area contributed by atoms with Gasteiger partial charge >= 0.3 is 0 Å². The van der Waals surface area contributed by atoms with Crippen LogP contribution in [0.3, 0.4) is 0 Å². The second-order valence-electron chi connectivity index (χ2n) is 6.64. The molecule has 1 N–H and O–H groups in total. The number of rotatable bonds is 3. The minimum absolute atomic E-state index is 0.0174. The van der Waals surface area contributed by atoms with Crippen molar-refractivity contribution in [3.63, 3.8) is 0 Å². The summed E-state index contributed by atoms with van der Waals surface area (Å²) in [6.45, 7) is 4.39. The van der Waals surface area contributed by atoms with Crippen molar-refractivity contribution < 1.29 is 9.84 Å². The van der Waals surface area contributed by atoms with E-state index in [1.807, 2.05) is 6.07 Å². The summed E-state index contributed by atoms with van der Waals surface area (Å²) in [5.74, 6) is 2.26. The Morgan fingerprint density at radius 3 is 2.65 bits per heavy atom. The zero-order valence-corrected chi connectivity index (χ0v) is 12.7. The highest BCUT2D eigenvalue weighted by Gasteiger charge is 2.43. The number of ether oxygens (including phenoxy) is 1. The lowest BCUT2D eigenvalue weighted by molar-refractivity contribution is 0.0345. The van der Waals surface area contributed by atoms with Gasteiger partial charge in [-0.2, -0.15) is 0 Å². The average Bonchev–Trinajstić information content (AvgIpc) is 2.81. The van der Waals surface area contributed by atoms with E-state index < -0.39 is 0 Å². The average molecular weight is 274 g/mol. The van der Waals surface area contributed by atoms with Gasteiger partial charge in [-0.05, 0) is 55.7 Å². The molecule has 20 heavy (non-hydrogen) atoms. The van der Waals surface area contributed by atoms with Crippen LogP contribution in [0.4, 0.5) is 0 Å². The fourth-order valence-corrected chi connectivity index (χ4v) is 3.93. The van der Waals surface area contributed by atoms with Crippen LogP contribution in [0.1, 0.15) is 63.5 Å². The van der Waals surface area contributed by atoms with Gasteiger partial charge in [-0.25, -0.2) is 0 Å². The van der Waals surface area contributed by atoms with Crippen LogP contribution >= 0.6 is 0 Å². The van der Waals surface area contributed by atoms with E-state index in [2.05, 4.69) is 19.9 Å². The summed E-state index contributed by atoms with van der Waals surface area (Å²) in [7, 11) is 0. The molecule has 110 valence electrons. The lowest BCUT2D eigenvalue weighted by atomic mass is 9.75. The number of fused-ring (bicyclic) bond motifs is 1. The van der Waals surface area contributed by atoms with Crippen molar-refractivity contribution in [2.24, 2.45) is 5.92 Å². The van der Waals surface area contributed by atoms with Crippen LogP contribution in [0, 0.1) is 5.92 Å². The van der Waals surface area contributed by atoms with E-state index in [0.29, 0.717) is 5.75 Å². The highest BCUT2D eigenvalue weighted by Crippen LogP contribution is 2.48. The van der Waals surface area contributed by atoms with Crippen molar-refractivity contribution in [3.8, 4) is 11.5 Å². The maximum Gasteiger partial charge on any atom is 0.127 e. The van der Waals surface area contributed by atoms with Crippen LogP contribution < -0.4 is 4.74 Å². The van der Waals surface area contributed by atoms with Crippen LogP contribution in [-0.2, 0) is 12.8 Å². The zero-order valence-electron chi connectivity index (χ0n) is 12.7. The maximum absolute atomic E-state index is 10.2. The SMILES string of the molecule is CCCC1CCC2(CC1)Cc1c(O)cc(CC)cc1O2. The fourth-order valence-electron chi connectivity index (χ4n) is 3.93. The van der Waals surface area contributed by atoms with Crippen molar-refractivity contribution >= 4 is 0 Å². The van der Waals surface area contributed by atoms with Gasteiger partial charge in [0.1, 0.15) is 17.1 Å². The monoisotopic (exact) mass is 274 g/mol. The number of hydrogen-bond acceptors (Lipinski definition) is 2. The van der Waals surface area contributed by atoms with E-state index in [0.717, 1.165) is 48.5 Å². The van der Waals surface area contributed by atoms with Crippen LogP contribution in [0.2, 0.25) is 0 Å². The Morgan fingerprint density at radius 1 is 1.25 bits per heavy atom. The molecule has 1 fully saturated rings.